The average molecular weight is 452 g/mol. The third kappa shape index (κ3) is 5.06. The van der Waals surface area contributed by atoms with Crippen LogP contribution >= 0.6 is 0 Å². The molecule has 0 aliphatic carbocycles. The molecule has 1 aromatic carbocycles. The van der Waals surface area contributed by atoms with E-state index in [1.807, 2.05) is 52.0 Å². The van der Waals surface area contributed by atoms with E-state index in [2.05, 4.69) is 20.9 Å². The van der Waals surface area contributed by atoms with Gasteiger partial charge in [-0.1, -0.05) is 32.0 Å². The Kier molecular flexibility index (Phi) is 7.48. The normalized spacial score (nSPS) is 16.8. The quantitative estimate of drug-likeness (QED) is 0.600. The van der Waals surface area contributed by atoms with Gasteiger partial charge in [0.25, 0.3) is 5.91 Å². The fraction of sp³-hybridized carbons (Fsp3) is 0.440. The van der Waals surface area contributed by atoms with E-state index in [9.17, 15) is 14.4 Å². The van der Waals surface area contributed by atoms with E-state index in [0.717, 1.165) is 16.7 Å². The summed E-state index contributed by atoms with van der Waals surface area (Å²) in [5.74, 6) is -0.625. The standard InChI is InChI=1S/C25H33N5O3/c1-14(2)21(29-23(31)17(5)26-6)25(33)30-20(13-18-10-8-12-27-22(18)30)24(32)28-19-11-7-9-15(3)16(19)4/h7-12,14,17,20-21,26H,13H2,1-6H3,(H,28,32)(H,29,31)/t17-,20-,21-/m0/s1. The zero-order valence-electron chi connectivity index (χ0n) is 20.1. The first-order valence-corrected chi connectivity index (χ1v) is 11.3. The summed E-state index contributed by atoms with van der Waals surface area (Å²) in [5.41, 5.74) is 3.58. The Balaban J connectivity index is 1.93. The summed E-state index contributed by atoms with van der Waals surface area (Å²) in [6, 6.07) is 7.38. The van der Waals surface area contributed by atoms with Gasteiger partial charge in [0.15, 0.2) is 0 Å². The summed E-state index contributed by atoms with van der Waals surface area (Å²) in [6.07, 6.45) is 1.97. The molecule has 2 heterocycles. The first kappa shape index (κ1) is 24.4. The Labute approximate surface area is 195 Å². The van der Waals surface area contributed by atoms with Crippen molar-refractivity contribution in [3.63, 3.8) is 0 Å². The van der Waals surface area contributed by atoms with E-state index in [4.69, 9.17) is 0 Å². The van der Waals surface area contributed by atoms with Crippen molar-refractivity contribution in [2.24, 2.45) is 5.92 Å². The van der Waals surface area contributed by atoms with Gasteiger partial charge in [0.05, 0.1) is 6.04 Å². The van der Waals surface area contributed by atoms with E-state index < -0.39 is 18.1 Å². The molecular formula is C25H33N5O3. The fourth-order valence-corrected chi connectivity index (χ4v) is 3.90. The number of fused-ring (bicyclic) bond motifs is 1. The Bertz CT molecular complexity index is 1050. The van der Waals surface area contributed by atoms with Crippen molar-refractivity contribution in [3.8, 4) is 0 Å². The molecule has 3 N–H and O–H groups in total. The van der Waals surface area contributed by atoms with Crippen LogP contribution < -0.4 is 20.9 Å². The van der Waals surface area contributed by atoms with Crippen molar-refractivity contribution in [2.45, 2.75) is 59.2 Å². The average Bonchev–Trinajstić information content (AvgIpc) is 3.18. The molecule has 33 heavy (non-hydrogen) atoms. The molecule has 3 atom stereocenters. The number of carbonyl (C=O) groups is 3. The minimum atomic E-state index is -0.794. The molecule has 0 spiro atoms. The van der Waals surface area contributed by atoms with Crippen LogP contribution in [-0.2, 0) is 20.8 Å². The van der Waals surface area contributed by atoms with Gasteiger partial charge in [-0.3, -0.25) is 19.3 Å². The molecule has 8 heteroatoms. The molecule has 176 valence electrons. The molecule has 0 bridgehead atoms. The lowest BCUT2D eigenvalue weighted by atomic mass is 10.0. The zero-order valence-corrected chi connectivity index (χ0v) is 20.1. The predicted octanol–water partition coefficient (Wildman–Crippen LogP) is 2.34. The number of pyridine rings is 1. The highest BCUT2D eigenvalue weighted by atomic mass is 16.2. The highest BCUT2D eigenvalue weighted by Crippen LogP contribution is 2.32. The highest BCUT2D eigenvalue weighted by Gasteiger charge is 2.43. The molecule has 0 fully saturated rings. The lowest BCUT2D eigenvalue weighted by Crippen LogP contribution is -2.57. The van der Waals surface area contributed by atoms with Crippen molar-refractivity contribution in [1.82, 2.24) is 15.6 Å². The second kappa shape index (κ2) is 10.1. The van der Waals surface area contributed by atoms with Crippen molar-refractivity contribution in [2.75, 3.05) is 17.3 Å². The number of anilines is 2. The maximum atomic E-state index is 13.8. The number of hydrogen-bond acceptors (Lipinski definition) is 5. The number of aryl methyl sites for hydroxylation is 1. The van der Waals surface area contributed by atoms with Crippen molar-refractivity contribution < 1.29 is 14.4 Å². The summed E-state index contributed by atoms with van der Waals surface area (Å²) in [5, 5.41) is 8.72. The van der Waals surface area contributed by atoms with Gasteiger partial charge < -0.3 is 16.0 Å². The maximum absolute atomic E-state index is 13.8. The molecule has 1 aliphatic heterocycles. The first-order valence-electron chi connectivity index (χ1n) is 11.3. The number of amides is 3. The molecule has 1 aliphatic rings. The predicted molar refractivity (Wildman–Crippen MR) is 129 cm³/mol. The summed E-state index contributed by atoms with van der Waals surface area (Å²) < 4.78 is 0. The molecule has 0 saturated carbocycles. The minimum Gasteiger partial charge on any atom is -0.343 e. The number of aromatic nitrogens is 1. The molecule has 3 rings (SSSR count). The summed E-state index contributed by atoms with van der Waals surface area (Å²) in [7, 11) is 1.69. The van der Waals surface area contributed by atoms with Crippen molar-refractivity contribution in [1.29, 1.82) is 0 Å². The van der Waals surface area contributed by atoms with Crippen LogP contribution in [0.3, 0.4) is 0 Å². The molecule has 8 nitrogen and oxygen atoms in total. The van der Waals surface area contributed by atoms with Crippen LogP contribution in [-0.4, -0.2) is 47.9 Å². The van der Waals surface area contributed by atoms with Gasteiger partial charge in [-0.05, 0) is 62.6 Å². The van der Waals surface area contributed by atoms with Crippen molar-refractivity contribution in [3.05, 3.63) is 53.2 Å². The number of carbonyl (C=O) groups excluding carboxylic acids is 3. The third-order valence-electron chi connectivity index (χ3n) is 6.28. The van der Waals surface area contributed by atoms with Gasteiger partial charge in [0.1, 0.15) is 17.9 Å². The smallest absolute Gasteiger partial charge is 0.251 e. The minimum absolute atomic E-state index is 0.180. The van der Waals surface area contributed by atoms with Crippen LogP contribution in [0, 0.1) is 19.8 Å². The molecule has 2 aromatic rings. The summed E-state index contributed by atoms with van der Waals surface area (Å²) in [4.78, 5) is 45.6. The van der Waals surface area contributed by atoms with Crippen LogP contribution in [0.2, 0.25) is 0 Å². The fourth-order valence-electron chi connectivity index (χ4n) is 3.90. The Hall–Kier alpha value is -3.26. The van der Waals surface area contributed by atoms with Gasteiger partial charge in [-0.25, -0.2) is 4.98 Å². The van der Waals surface area contributed by atoms with Gasteiger partial charge in [0, 0.05) is 18.3 Å². The number of likely N-dealkylation sites (N-methyl/N-ethyl adjacent to an activating group) is 1. The van der Waals surface area contributed by atoms with Crippen LogP contribution in [0.15, 0.2) is 36.5 Å². The molecule has 0 saturated heterocycles. The number of rotatable bonds is 7. The van der Waals surface area contributed by atoms with Gasteiger partial charge in [-0.15, -0.1) is 0 Å². The van der Waals surface area contributed by atoms with E-state index in [0.29, 0.717) is 17.9 Å². The maximum Gasteiger partial charge on any atom is 0.251 e. The van der Waals surface area contributed by atoms with Crippen molar-refractivity contribution >= 4 is 29.2 Å². The Morgan fingerprint density at radius 1 is 1.09 bits per heavy atom. The van der Waals surface area contributed by atoms with Crippen LogP contribution in [0.4, 0.5) is 11.5 Å². The van der Waals surface area contributed by atoms with Crippen LogP contribution in [0.25, 0.3) is 0 Å². The molecule has 1 aromatic heterocycles. The molecule has 0 radical (unpaired) electrons. The van der Waals surface area contributed by atoms with Crippen LogP contribution in [0.1, 0.15) is 37.5 Å². The lowest BCUT2D eigenvalue weighted by Gasteiger charge is -2.31. The second-order valence-electron chi connectivity index (χ2n) is 8.89. The van der Waals surface area contributed by atoms with Gasteiger partial charge in [0.2, 0.25) is 11.8 Å². The van der Waals surface area contributed by atoms with E-state index in [-0.39, 0.29) is 23.6 Å². The number of hydrogen-bond donors (Lipinski definition) is 3. The van der Waals surface area contributed by atoms with E-state index >= 15 is 0 Å². The lowest BCUT2D eigenvalue weighted by molar-refractivity contribution is -0.130. The number of benzene rings is 1. The Morgan fingerprint density at radius 3 is 2.48 bits per heavy atom. The van der Waals surface area contributed by atoms with E-state index in [1.54, 1.807) is 26.2 Å². The molecular weight excluding hydrogens is 418 g/mol. The van der Waals surface area contributed by atoms with E-state index in [1.165, 1.54) is 4.90 Å². The summed E-state index contributed by atoms with van der Waals surface area (Å²) in [6.45, 7) is 9.40. The Morgan fingerprint density at radius 2 is 1.82 bits per heavy atom. The van der Waals surface area contributed by atoms with Gasteiger partial charge >= 0.3 is 0 Å². The zero-order chi connectivity index (χ0) is 24.3. The van der Waals surface area contributed by atoms with Crippen LogP contribution in [0.5, 0.6) is 0 Å². The number of nitrogens with one attached hydrogen (secondary N) is 3. The monoisotopic (exact) mass is 451 g/mol. The largest absolute Gasteiger partial charge is 0.343 e. The second-order valence-corrected chi connectivity index (χ2v) is 8.89. The molecule has 3 amide bonds. The SMILES string of the molecule is CN[C@@H](C)C(=O)N[C@H](C(=O)N1c2ncccc2C[C@H]1C(=O)Nc1cccc(C)c1C)C(C)C. The van der Waals surface area contributed by atoms with Gasteiger partial charge in [-0.2, -0.15) is 0 Å². The first-order chi connectivity index (χ1) is 15.6. The topological polar surface area (TPSA) is 103 Å². The highest BCUT2D eigenvalue weighted by molar-refractivity contribution is 6.09. The summed E-state index contributed by atoms with van der Waals surface area (Å²) >= 11 is 0. The molecule has 0 unspecified atom stereocenters. The third-order valence-corrected chi connectivity index (χ3v) is 6.28. The number of nitrogens with zero attached hydrogens (tertiary/aromatic N) is 2.